The van der Waals surface area contributed by atoms with Crippen molar-refractivity contribution in [2.75, 3.05) is 43.2 Å². The fourth-order valence-electron chi connectivity index (χ4n) is 5.26. The second-order valence-corrected chi connectivity index (χ2v) is 13.1. The molecular weight excluding hydrogens is 601 g/mol. The molecule has 252 valence electrons. The molecule has 0 atom stereocenters. The second kappa shape index (κ2) is 31.3. The Morgan fingerprint density at radius 1 is 0.372 bits per heavy atom. The lowest BCUT2D eigenvalue weighted by Gasteiger charge is -2.18. The molecule has 0 radical (unpaired) electrons. The van der Waals surface area contributed by atoms with Gasteiger partial charge in [0.25, 0.3) is 0 Å². The predicted molar refractivity (Wildman–Crippen MR) is 190 cm³/mol. The van der Waals surface area contributed by atoms with E-state index in [2.05, 4.69) is 0 Å². The van der Waals surface area contributed by atoms with Crippen LogP contribution in [-0.2, 0) is 0 Å². The highest BCUT2D eigenvalue weighted by molar-refractivity contribution is 6.18. The van der Waals surface area contributed by atoms with Gasteiger partial charge in [-0.25, -0.2) is 0 Å². The maximum Gasteiger partial charge on any atom is 0.203 e. The largest absolute Gasteiger partial charge is 0.489 e. The summed E-state index contributed by atoms with van der Waals surface area (Å²) in [6.45, 7) is 2.00. The molecule has 0 unspecified atom stereocenters. The minimum absolute atomic E-state index is 0.653. The highest BCUT2D eigenvalue weighted by Crippen LogP contribution is 2.40. The molecule has 0 bridgehead atoms. The molecule has 0 aliphatic rings. The lowest BCUT2D eigenvalue weighted by atomic mass is 10.1. The lowest BCUT2D eigenvalue weighted by Crippen LogP contribution is -2.07. The van der Waals surface area contributed by atoms with Crippen LogP contribution in [0.1, 0.15) is 154 Å². The summed E-state index contributed by atoms with van der Waals surface area (Å²) in [6.07, 6.45) is 29.2. The zero-order chi connectivity index (χ0) is 31.1. The van der Waals surface area contributed by atoms with Crippen LogP contribution in [0, 0.1) is 0 Å². The standard InChI is InChI=1S/C36H64Cl3NO3/c37-25-19-13-7-1-4-10-16-22-28-41-34-31-33(40)32-35(42-29-23-17-11-5-2-8-14-20-26-38)36(34)43-30-24-18-12-6-3-9-15-21-27-39/h31-32H,1-30,40H2. The molecule has 7 heteroatoms. The Morgan fingerprint density at radius 3 is 0.930 bits per heavy atom. The molecule has 0 heterocycles. The van der Waals surface area contributed by atoms with Gasteiger partial charge in [-0.3, -0.25) is 0 Å². The van der Waals surface area contributed by atoms with E-state index in [0.29, 0.717) is 42.8 Å². The first-order chi connectivity index (χ1) is 21.2. The number of benzene rings is 1. The van der Waals surface area contributed by atoms with Gasteiger partial charge in [-0.2, -0.15) is 0 Å². The van der Waals surface area contributed by atoms with E-state index in [0.717, 1.165) is 56.2 Å². The SMILES string of the molecule is Nc1cc(OCCCCCCCCCCCl)c(OCCCCCCCCCCCl)c(OCCCCCCCCCCCl)c1. The summed E-state index contributed by atoms with van der Waals surface area (Å²) in [5, 5.41) is 0. The minimum Gasteiger partial charge on any atom is -0.489 e. The van der Waals surface area contributed by atoms with Crippen LogP contribution in [0.5, 0.6) is 17.2 Å². The third-order valence-electron chi connectivity index (χ3n) is 7.89. The fraction of sp³-hybridized carbons (Fsp3) is 0.833. The van der Waals surface area contributed by atoms with E-state index in [4.69, 9.17) is 54.7 Å². The van der Waals surface area contributed by atoms with Crippen molar-refractivity contribution in [3.05, 3.63) is 12.1 Å². The Balaban J connectivity index is 2.50. The Labute approximate surface area is 280 Å². The molecule has 2 N–H and O–H groups in total. The van der Waals surface area contributed by atoms with Crippen LogP contribution in [0.15, 0.2) is 12.1 Å². The summed E-state index contributed by atoms with van der Waals surface area (Å²) in [6, 6.07) is 3.79. The number of alkyl halides is 3. The van der Waals surface area contributed by atoms with Crippen LogP contribution in [0.3, 0.4) is 0 Å². The van der Waals surface area contributed by atoms with Gasteiger partial charge in [0.2, 0.25) is 5.75 Å². The smallest absolute Gasteiger partial charge is 0.203 e. The van der Waals surface area contributed by atoms with Crippen molar-refractivity contribution < 1.29 is 14.2 Å². The summed E-state index contributed by atoms with van der Waals surface area (Å²) in [5.41, 5.74) is 6.94. The molecule has 0 fully saturated rings. The van der Waals surface area contributed by atoms with Crippen LogP contribution >= 0.6 is 34.8 Å². The average molecular weight is 665 g/mol. The van der Waals surface area contributed by atoms with E-state index in [9.17, 15) is 0 Å². The van der Waals surface area contributed by atoms with E-state index in [1.54, 1.807) is 0 Å². The number of nitrogen functional groups attached to an aromatic ring is 1. The second-order valence-electron chi connectivity index (χ2n) is 11.9. The molecule has 0 aliphatic carbocycles. The number of rotatable bonds is 33. The lowest BCUT2D eigenvalue weighted by molar-refractivity contribution is 0.234. The zero-order valence-corrected chi connectivity index (χ0v) is 29.6. The van der Waals surface area contributed by atoms with Gasteiger partial charge >= 0.3 is 0 Å². The first-order valence-electron chi connectivity index (χ1n) is 17.7. The number of halogens is 3. The molecule has 0 amide bonds. The van der Waals surface area contributed by atoms with Crippen molar-refractivity contribution in [2.24, 2.45) is 0 Å². The van der Waals surface area contributed by atoms with E-state index in [1.165, 1.54) is 116 Å². The maximum absolute atomic E-state index is 6.33. The third-order valence-corrected chi connectivity index (χ3v) is 8.69. The summed E-state index contributed by atoms with van der Waals surface area (Å²) in [7, 11) is 0. The van der Waals surface area contributed by atoms with Crippen LogP contribution in [0.4, 0.5) is 5.69 Å². The number of hydrogen-bond donors (Lipinski definition) is 1. The van der Waals surface area contributed by atoms with Crippen molar-refractivity contribution in [3.63, 3.8) is 0 Å². The number of hydrogen-bond acceptors (Lipinski definition) is 4. The molecule has 1 rings (SSSR count). The first-order valence-corrected chi connectivity index (χ1v) is 19.3. The fourth-order valence-corrected chi connectivity index (χ4v) is 5.83. The van der Waals surface area contributed by atoms with Gasteiger partial charge in [0.05, 0.1) is 19.8 Å². The maximum atomic E-state index is 6.33. The summed E-state index contributed by atoms with van der Waals surface area (Å²) in [5.74, 6) is 4.50. The number of nitrogens with two attached hydrogens (primary N) is 1. The van der Waals surface area contributed by atoms with Crippen LogP contribution in [-0.4, -0.2) is 37.5 Å². The minimum atomic E-state index is 0.653. The average Bonchev–Trinajstić information content (AvgIpc) is 3.00. The van der Waals surface area contributed by atoms with Gasteiger partial charge in [0.15, 0.2) is 11.5 Å². The van der Waals surface area contributed by atoms with E-state index < -0.39 is 0 Å². The molecule has 0 aromatic heterocycles. The van der Waals surface area contributed by atoms with Gasteiger partial charge in [0.1, 0.15) is 0 Å². The quantitative estimate of drug-likeness (QED) is 0.0461. The van der Waals surface area contributed by atoms with Crippen LogP contribution in [0.25, 0.3) is 0 Å². The highest BCUT2D eigenvalue weighted by atomic mass is 35.5. The van der Waals surface area contributed by atoms with Gasteiger partial charge in [0, 0.05) is 35.5 Å². The third kappa shape index (κ3) is 24.2. The molecule has 0 saturated heterocycles. The highest BCUT2D eigenvalue weighted by Gasteiger charge is 2.15. The molecular formula is C36H64Cl3NO3. The molecule has 0 spiro atoms. The van der Waals surface area contributed by atoms with Gasteiger partial charge in [-0.1, -0.05) is 116 Å². The summed E-state index contributed by atoms with van der Waals surface area (Å²) in [4.78, 5) is 0. The van der Waals surface area contributed by atoms with E-state index in [-0.39, 0.29) is 0 Å². The Bertz CT molecular complexity index is 693. The number of unbranched alkanes of at least 4 members (excludes halogenated alkanes) is 21. The van der Waals surface area contributed by atoms with Crippen molar-refractivity contribution >= 4 is 40.5 Å². The van der Waals surface area contributed by atoms with E-state index in [1.807, 2.05) is 12.1 Å². The normalized spacial score (nSPS) is 11.2. The predicted octanol–water partition coefficient (Wildman–Crippen LogP) is 12.5. The molecule has 0 saturated carbocycles. The van der Waals surface area contributed by atoms with E-state index >= 15 is 0 Å². The van der Waals surface area contributed by atoms with Crippen LogP contribution < -0.4 is 19.9 Å². The van der Waals surface area contributed by atoms with Crippen molar-refractivity contribution in [1.29, 1.82) is 0 Å². The number of anilines is 1. The monoisotopic (exact) mass is 663 g/mol. The first kappa shape index (κ1) is 40.3. The molecule has 0 aliphatic heterocycles. The van der Waals surface area contributed by atoms with Crippen LogP contribution in [0.2, 0.25) is 0 Å². The molecule has 4 nitrogen and oxygen atoms in total. The Hall–Kier alpha value is -0.710. The van der Waals surface area contributed by atoms with Gasteiger partial charge in [-0.15, -0.1) is 34.8 Å². The van der Waals surface area contributed by atoms with Crippen molar-refractivity contribution in [3.8, 4) is 17.2 Å². The van der Waals surface area contributed by atoms with Gasteiger partial charge in [-0.05, 0) is 38.5 Å². The molecule has 1 aromatic carbocycles. The summed E-state index contributed by atoms with van der Waals surface area (Å²) >= 11 is 17.3. The molecule has 1 aromatic rings. The van der Waals surface area contributed by atoms with Crippen molar-refractivity contribution in [1.82, 2.24) is 0 Å². The number of ether oxygens (including phenoxy) is 3. The zero-order valence-electron chi connectivity index (χ0n) is 27.3. The van der Waals surface area contributed by atoms with Crippen molar-refractivity contribution in [2.45, 2.75) is 154 Å². The molecule has 43 heavy (non-hydrogen) atoms. The Kier molecular flexibility index (Phi) is 29.3. The Morgan fingerprint density at radius 2 is 0.628 bits per heavy atom. The van der Waals surface area contributed by atoms with Gasteiger partial charge < -0.3 is 19.9 Å². The topological polar surface area (TPSA) is 53.7 Å². The summed E-state index contributed by atoms with van der Waals surface area (Å²) < 4.78 is 18.8.